The molecule has 0 aliphatic carbocycles. The fourth-order valence-electron chi connectivity index (χ4n) is 4.00. The van der Waals surface area contributed by atoms with Crippen molar-refractivity contribution in [3.63, 3.8) is 0 Å². The van der Waals surface area contributed by atoms with Crippen LogP contribution in [0.15, 0.2) is 42.5 Å². The summed E-state index contributed by atoms with van der Waals surface area (Å²) in [4.78, 5) is 24.0. The Bertz CT molecular complexity index is 1040. The van der Waals surface area contributed by atoms with Gasteiger partial charge < -0.3 is 14.4 Å². The Morgan fingerprint density at radius 2 is 1.87 bits per heavy atom. The third-order valence-corrected chi connectivity index (χ3v) is 5.36. The lowest BCUT2D eigenvalue weighted by atomic mass is 10.0. The number of carbonyl (C=O) groups excluding carboxylic acids is 1. The smallest absolute Gasteiger partial charge is 0.258 e. The quantitative estimate of drug-likeness (QED) is 0.632. The number of hydrogen-bond acceptors (Lipinski definition) is 5. The highest BCUT2D eigenvalue weighted by Gasteiger charge is 2.28. The summed E-state index contributed by atoms with van der Waals surface area (Å²) >= 11 is 0. The van der Waals surface area contributed by atoms with E-state index in [0.717, 1.165) is 29.3 Å². The predicted molar refractivity (Wildman–Crippen MR) is 116 cm³/mol. The van der Waals surface area contributed by atoms with Gasteiger partial charge in [0, 0.05) is 37.7 Å². The number of ether oxygens (including phenoxy) is 2. The van der Waals surface area contributed by atoms with Crippen LogP contribution < -0.4 is 9.47 Å². The van der Waals surface area contributed by atoms with Crippen molar-refractivity contribution in [3.8, 4) is 11.6 Å². The van der Waals surface area contributed by atoms with Gasteiger partial charge in [0.1, 0.15) is 17.7 Å². The minimum atomic E-state index is 0.0161. The van der Waals surface area contributed by atoms with Gasteiger partial charge in [-0.3, -0.25) is 4.79 Å². The van der Waals surface area contributed by atoms with E-state index in [1.54, 1.807) is 0 Å². The zero-order valence-electron chi connectivity index (χ0n) is 17.7. The summed E-state index contributed by atoms with van der Waals surface area (Å²) in [6.07, 6.45) is 1.58. The molecule has 30 heavy (non-hydrogen) atoms. The molecule has 1 amide bonds. The highest BCUT2D eigenvalue weighted by molar-refractivity contribution is 6.09. The molecule has 1 saturated heterocycles. The number of benzene rings is 2. The van der Waals surface area contributed by atoms with Crippen molar-refractivity contribution in [3.05, 3.63) is 59.5 Å². The Kier molecular flexibility index (Phi) is 5.84. The minimum Gasteiger partial charge on any atom is -0.493 e. The van der Waals surface area contributed by atoms with Gasteiger partial charge in [0.05, 0.1) is 12.2 Å². The number of aryl methyl sites for hydroxylation is 2. The fraction of sp³-hybridized carbons (Fsp3) is 0.375. The van der Waals surface area contributed by atoms with Crippen LogP contribution in [0, 0.1) is 13.8 Å². The molecule has 2 heterocycles. The Labute approximate surface area is 176 Å². The molecule has 1 fully saturated rings. The third kappa shape index (κ3) is 4.22. The number of nitrogens with zero attached hydrogens (tertiary/aromatic N) is 3. The molecule has 0 unspecified atom stereocenters. The average molecular weight is 405 g/mol. The van der Waals surface area contributed by atoms with Gasteiger partial charge in [-0.25, -0.2) is 4.98 Å². The van der Waals surface area contributed by atoms with Crippen LogP contribution in [0.2, 0.25) is 0 Å². The molecule has 6 nitrogen and oxygen atoms in total. The van der Waals surface area contributed by atoms with Gasteiger partial charge in [-0.1, -0.05) is 30.3 Å². The lowest BCUT2D eigenvalue weighted by Crippen LogP contribution is -2.42. The molecule has 0 atom stereocenters. The van der Waals surface area contributed by atoms with Gasteiger partial charge in [0.25, 0.3) is 5.91 Å². The van der Waals surface area contributed by atoms with Crippen molar-refractivity contribution in [2.45, 2.75) is 39.7 Å². The molecule has 4 rings (SSSR count). The van der Waals surface area contributed by atoms with Crippen molar-refractivity contribution in [1.82, 2.24) is 14.9 Å². The molecule has 156 valence electrons. The highest BCUT2D eigenvalue weighted by atomic mass is 16.5. The summed E-state index contributed by atoms with van der Waals surface area (Å²) in [5, 5.41) is 1.97. The van der Waals surface area contributed by atoms with E-state index < -0.39 is 0 Å². The van der Waals surface area contributed by atoms with E-state index in [4.69, 9.17) is 9.47 Å². The summed E-state index contributed by atoms with van der Waals surface area (Å²) in [5.41, 5.74) is 1.54. The van der Waals surface area contributed by atoms with Crippen LogP contribution in [-0.4, -0.2) is 46.6 Å². The molecule has 1 aliphatic rings. The second kappa shape index (κ2) is 8.69. The summed E-state index contributed by atoms with van der Waals surface area (Å²) < 4.78 is 11.9. The van der Waals surface area contributed by atoms with Gasteiger partial charge in [-0.05, 0) is 37.6 Å². The number of piperidine rings is 1. The Balaban J connectivity index is 1.50. The number of aromatic nitrogens is 2. The first-order chi connectivity index (χ1) is 14.5. The molecule has 0 radical (unpaired) electrons. The Morgan fingerprint density at radius 1 is 1.10 bits per heavy atom. The first kappa shape index (κ1) is 20.1. The zero-order valence-corrected chi connectivity index (χ0v) is 17.7. The van der Waals surface area contributed by atoms with E-state index in [-0.39, 0.29) is 12.0 Å². The number of likely N-dealkylation sites (tertiary alicyclic amines) is 1. The van der Waals surface area contributed by atoms with Crippen LogP contribution >= 0.6 is 0 Å². The summed E-state index contributed by atoms with van der Waals surface area (Å²) in [6.45, 7) is 7.53. The normalized spacial score (nSPS) is 14.7. The van der Waals surface area contributed by atoms with Crippen LogP contribution in [0.4, 0.5) is 0 Å². The topological polar surface area (TPSA) is 64.5 Å². The van der Waals surface area contributed by atoms with Crippen LogP contribution in [0.3, 0.4) is 0 Å². The van der Waals surface area contributed by atoms with E-state index >= 15 is 0 Å². The number of carbonyl (C=O) groups is 1. The largest absolute Gasteiger partial charge is 0.493 e. The molecule has 3 aromatic rings. The highest BCUT2D eigenvalue weighted by Crippen LogP contribution is 2.30. The van der Waals surface area contributed by atoms with E-state index in [1.165, 1.54) is 0 Å². The number of rotatable bonds is 5. The molecule has 2 aromatic carbocycles. The standard InChI is InChI=1S/C24H27N3O3/c1-4-29-21-10-9-18-7-5-6-8-20(18)23(21)24(28)27-13-11-19(12-14-27)30-22-15-16(2)25-17(3)26-22/h5-10,15,19H,4,11-14H2,1-3H3. The first-order valence-corrected chi connectivity index (χ1v) is 10.5. The predicted octanol–water partition coefficient (Wildman–Crippen LogP) is 4.33. The van der Waals surface area contributed by atoms with Crippen LogP contribution in [-0.2, 0) is 0 Å². The van der Waals surface area contributed by atoms with Crippen LogP contribution in [0.25, 0.3) is 10.8 Å². The number of fused-ring (bicyclic) bond motifs is 1. The minimum absolute atomic E-state index is 0.0161. The average Bonchev–Trinajstić information content (AvgIpc) is 2.73. The first-order valence-electron chi connectivity index (χ1n) is 10.5. The van der Waals surface area contributed by atoms with Crippen molar-refractivity contribution >= 4 is 16.7 Å². The summed E-state index contributed by atoms with van der Waals surface area (Å²) in [5.74, 6) is 1.98. The Morgan fingerprint density at radius 3 is 2.60 bits per heavy atom. The molecule has 0 bridgehead atoms. The van der Waals surface area contributed by atoms with Crippen molar-refractivity contribution < 1.29 is 14.3 Å². The lowest BCUT2D eigenvalue weighted by Gasteiger charge is -2.32. The van der Waals surface area contributed by atoms with Crippen molar-refractivity contribution in [2.24, 2.45) is 0 Å². The SMILES string of the molecule is CCOc1ccc2ccccc2c1C(=O)N1CCC(Oc2cc(C)nc(C)n2)CC1. The lowest BCUT2D eigenvalue weighted by molar-refractivity contribution is 0.0586. The van der Waals surface area contributed by atoms with Gasteiger partial charge in [0.2, 0.25) is 5.88 Å². The molecule has 0 saturated carbocycles. The van der Waals surface area contributed by atoms with Crippen LogP contribution in [0.1, 0.15) is 41.6 Å². The Hall–Kier alpha value is -3.15. The van der Waals surface area contributed by atoms with Gasteiger partial charge >= 0.3 is 0 Å². The zero-order chi connectivity index (χ0) is 21.1. The molecule has 1 aromatic heterocycles. The van der Waals surface area contributed by atoms with E-state index in [2.05, 4.69) is 9.97 Å². The van der Waals surface area contributed by atoms with E-state index in [9.17, 15) is 4.79 Å². The molecule has 1 aliphatic heterocycles. The van der Waals surface area contributed by atoms with Gasteiger partial charge in [-0.15, -0.1) is 0 Å². The number of amides is 1. The fourth-order valence-corrected chi connectivity index (χ4v) is 4.00. The summed E-state index contributed by atoms with van der Waals surface area (Å²) in [6, 6.07) is 13.7. The van der Waals surface area contributed by atoms with Gasteiger partial charge in [0.15, 0.2) is 0 Å². The molecular weight excluding hydrogens is 378 g/mol. The molecule has 0 N–H and O–H groups in total. The second-order valence-corrected chi connectivity index (χ2v) is 7.60. The second-order valence-electron chi connectivity index (χ2n) is 7.60. The third-order valence-electron chi connectivity index (χ3n) is 5.36. The molecule has 0 spiro atoms. The molecular formula is C24H27N3O3. The maximum absolute atomic E-state index is 13.4. The maximum Gasteiger partial charge on any atom is 0.258 e. The summed E-state index contributed by atoms with van der Waals surface area (Å²) in [7, 11) is 0. The molecule has 6 heteroatoms. The van der Waals surface area contributed by atoms with E-state index in [1.807, 2.05) is 68.1 Å². The number of hydrogen-bond donors (Lipinski definition) is 0. The van der Waals surface area contributed by atoms with Crippen LogP contribution in [0.5, 0.6) is 11.6 Å². The van der Waals surface area contributed by atoms with E-state index in [0.29, 0.717) is 42.7 Å². The van der Waals surface area contributed by atoms with Crippen molar-refractivity contribution in [2.75, 3.05) is 19.7 Å². The monoisotopic (exact) mass is 405 g/mol. The maximum atomic E-state index is 13.4. The van der Waals surface area contributed by atoms with Crippen molar-refractivity contribution in [1.29, 1.82) is 0 Å². The van der Waals surface area contributed by atoms with Gasteiger partial charge in [-0.2, -0.15) is 4.98 Å².